The fourth-order valence-corrected chi connectivity index (χ4v) is 3.80. The van der Waals surface area contributed by atoms with Gasteiger partial charge in [0, 0.05) is 11.1 Å². The zero-order valence-electron chi connectivity index (χ0n) is 16.0. The van der Waals surface area contributed by atoms with E-state index >= 15 is 0 Å². The monoisotopic (exact) mass is 405 g/mol. The lowest BCUT2D eigenvalue weighted by Gasteiger charge is -2.15. The maximum atomic E-state index is 12.1. The third kappa shape index (κ3) is 5.04. The van der Waals surface area contributed by atoms with Crippen LogP contribution in [0.3, 0.4) is 0 Å². The van der Waals surface area contributed by atoms with E-state index in [-0.39, 0.29) is 13.2 Å². The van der Waals surface area contributed by atoms with E-state index in [4.69, 9.17) is 21.1 Å². The first-order valence-corrected chi connectivity index (χ1v) is 9.70. The molecule has 1 fully saturated rings. The first-order chi connectivity index (χ1) is 13.4. The van der Waals surface area contributed by atoms with Gasteiger partial charge in [-0.25, -0.2) is 9.48 Å². The Hall–Kier alpha value is -2.54. The molecule has 0 radical (unpaired) electrons. The molecule has 8 heteroatoms. The number of hydrogen-bond acceptors (Lipinski definition) is 5. The SMILES string of the molecule is Cc1cc(Cl)cc(C)c1OCC(=O)OCC(=O)Nc1ccnn1C1CCCC1. The zero-order valence-corrected chi connectivity index (χ0v) is 16.8. The van der Waals surface area contributed by atoms with Gasteiger partial charge < -0.3 is 14.8 Å². The van der Waals surface area contributed by atoms with Crippen molar-refractivity contribution in [2.45, 2.75) is 45.6 Å². The Bertz CT molecular complexity index is 836. The van der Waals surface area contributed by atoms with Crippen LogP contribution in [-0.2, 0) is 14.3 Å². The molecule has 1 aromatic heterocycles. The number of aryl methyl sites for hydroxylation is 2. The molecule has 1 aliphatic rings. The Balaban J connectivity index is 1.46. The highest BCUT2D eigenvalue weighted by molar-refractivity contribution is 6.30. The minimum atomic E-state index is -0.617. The molecule has 0 aliphatic heterocycles. The predicted octanol–water partition coefficient (Wildman–Crippen LogP) is 3.83. The quantitative estimate of drug-likeness (QED) is 0.708. The Morgan fingerprint density at radius 1 is 1.21 bits per heavy atom. The van der Waals surface area contributed by atoms with Crippen molar-refractivity contribution < 1.29 is 19.1 Å². The van der Waals surface area contributed by atoms with Crippen molar-refractivity contribution in [2.24, 2.45) is 0 Å². The van der Waals surface area contributed by atoms with Crippen LogP contribution in [0, 0.1) is 13.8 Å². The van der Waals surface area contributed by atoms with E-state index in [2.05, 4.69) is 10.4 Å². The first kappa shape index (κ1) is 20.2. The van der Waals surface area contributed by atoms with Crippen molar-refractivity contribution in [2.75, 3.05) is 18.5 Å². The van der Waals surface area contributed by atoms with Crippen molar-refractivity contribution in [3.8, 4) is 5.75 Å². The molecule has 28 heavy (non-hydrogen) atoms. The van der Waals surface area contributed by atoms with Crippen LogP contribution in [0.5, 0.6) is 5.75 Å². The zero-order chi connectivity index (χ0) is 20.1. The second-order valence-electron chi connectivity index (χ2n) is 6.97. The summed E-state index contributed by atoms with van der Waals surface area (Å²) in [5.74, 6) is 0.183. The number of ether oxygens (including phenoxy) is 2. The maximum Gasteiger partial charge on any atom is 0.344 e. The summed E-state index contributed by atoms with van der Waals surface area (Å²) < 4.78 is 12.4. The van der Waals surface area contributed by atoms with E-state index in [1.807, 2.05) is 18.5 Å². The number of hydrogen-bond donors (Lipinski definition) is 1. The van der Waals surface area contributed by atoms with Crippen molar-refractivity contribution in [3.05, 3.63) is 40.5 Å². The molecule has 3 rings (SSSR count). The molecule has 1 aromatic carbocycles. The Morgan fingerprint density at radius 3 is 2.57 bits per heavy atom. The summed E-state index contributed by atoms with van der Waals surface area (Å²) in [6.07, 6.45) is 6.11. The molecule has 1 saturated carbocycles. The van der Waals surface area contributed by atoms with Crippen LogP contribution in [0.1, 0.15) is 42.9 Å². The second-order valence-corrected chi connectivity index (χ2v) is 7.40. The van der Waals surface area contributed by atoms with E-state index in [1.54, 1.807) is 24.4 Å². The van der Waals surface area contributed by atoms with Crippen LogP contribution in [0.2, 0.25) is 5.02 Å². The van der Waals surface area contributed by atoms with Crippen LogP contribution in [-0.4, -0.2) is 34.9 Å². The third-order valence-corrected chi connectivity index (χ3v) is 4.95. The van der Waals surface area contributed by atoms with Gasteiger partial charge in [-0.2, -0.15) is 5.10 Å². The van der Waals surface area contributed by atoms with Crippen molar-refractivity contribution in [3.63, 3.8) is 0 Å². The molecule has 2 aromatic rings. The fraction of sp³-hybridized carbons (Fsp3) is 0.450. The molecule has 0 spiro atoms. The summed E-state index contributed by atoms with van der Waals surface area (Å²) in [7, 11) is 0. The normalized spacial score (nSPS) is 14.1. The highest BCUT2D eigenvalue weighted by atomic mass is 35.5. The van der Waals surface area contributed by atoms with Crippen molar-refractivity contribution >= 4 is 29.3 Å². The van der Waals surface area contributed by atoms with Gasteiger partial charge in [0.1, 0.15) is 11.6 Å². The van der Waals surface area contributed by atoms with E-state index < -0.39 is 11.9 Å². The largest absolute Gasteiger partial charge is 0.481 e. The van der Waals surface area contributed by atoms with Gasteiger partial charge in [0.05, 0.1) is 12.2 Å². The number of rotatable bonds is 7. The number of benzene rings is 1. The van der Waals surface area contributed by atoms with Crippen LogP contribution in [0.15, 0.2) is 24.4 Å². The predicted molar refractivity (Wildman–Crippen MR) is 106 cm³/mol. The average molecular weight is 406 g/mol. The third-order valence-electron chi connectivity index (χ3n) is 4.73. The number of halogens is 1. The summed E-state index contributed by atoms with van der Waals surface area (Å²) in [6, 6.07) is 5.58. The number of nitrogens with zero attached hydrogens (tertiary/aromatic N) is 2. The van der Waals surface area contributed by atoms with Crippen molar-refractivity contribution in [1.82, 2.24) is 9.78 Å². The highest BCUT2D eigenvalue weighted by Crippen LogP contribution is 2.31. The van der Waals surface area contributed by atoms with Gasteiger partial charge in [-0.15, -0.1) is 0 Å². The standard InChI is InChI=1S/C20H24ClN3O4/c1-13-9-15(21)10-14(2)20(13)28-12-19(26)27-11-18(25)23-17-7-8-22-24(17)16-5-3-4-6-16/h7-10,16H,3-6,11-12H2,1-2H3,(H,23,25). The lowest BCUT2D eigenvalue weighted by atomic mass is 10.1. The van der Waals surface area contributed by atoms with E-state index in [0.29, 0.717) is 22.6 Å². The van der Waals surface area contributed by atoms with Gasteiger partial charge in [0.15, 0.2) is 13.2 Å². The minimum Gasteiger partial charge on any atom is -0.481 e. The van der Waals surface area contributed by atoms with Gasteiger partial charge >= 0.3 is 5.97 Å². The average Bonchev–Trinajstić information content (AvgIpc) is 3.30. The van der Waals surface area contributed by atoms with Crippen LogP contribution in [0.4, 0.5) is 5.82 Å². The molecule has 0 unspecified atom stereocenters. The molecule has 1 aliphatic carbocycles. The van der Waals surface area contributed by atoms with E-state index in [9.17, 15) is 9.59 Å². The number of carbonyl (C=O) groups is 2. The molecule has 150 valence electrons. The lowest BCUT2D eigenvalue weighted by molar-refractivity contribution is -0.149. The molecule has 1 heterocycles. The fourth-order valence-electron chi connectivity index (χ4n) is 3.48. The Kier molecular flexibility index (Phi) is 6.57. The lowest BCUT2D eigenvalue weighted by Crippen LogP contribution is -2.25. The molecule has 0 bridgehead atoms. The van der Waals surface area contributed by atoms with Gasteiger partial charge in [-0.1, -0.05) is 24.4 Å². The summed E-state index contributed by atoms with van der Waals surface area (Å²) in [5.41, 5.74) is 1.66. The number of carbonyl (C=O) groups excluding carboxylic acids is 2. The van der Waals surface area contributed by atoms with Crippen LogP contribution in [0.25, 0.3) is 0 Å². The molecule has 1 amide bonds. The van der Waals surface area contributed by atoms with Gasteiger partial charge in [0.2, 0.25) is 0 Å². The minimum absolute atomic E-state index is 0.281. The molecule has 0 saturated heterocycles. The Labute approximate surface area is 169 Å². The summed E-state index contributed by atoms with van der Waals surface area (Å²) in [5, 5.41) is 7.66. The van der Waals surface area contributed by atoms with Crippen molar-refractivity contribution in [1.29, 1.82) is 0 Å². The summed E-state index contributed by atoms with van der Waals surface area (Å²) in [6.45, 7) is 3.04. The topological polar surface area (TPSA) is 82.4 Å². The summed E-state index contributed by atoms with van der Waals surface area (Å²) in [4.78, 5) is 24.0. The second kappa shape index (κ2) is 9.10. The smallest absolute Gasteiger partial charge is 0.344 e. The molecule has 7 nitrogen and oxygen atoms in total. The maximum absolute atomic E-state index is 12.1. The number of nitrogens with one attached hydrogen (secondary N) is 1. The van der Waals surface area contributed by atoms with Crippen LogP contribution >= 0.6 is 11.6 Å². The van der Waals surface area contributed by atoms with Gasteiger partial charge in [-0.05, 0) is 49.9 Å². The van der Waals surface area contributed by atoms with E-state index in [0.717, 1.165) is 24.0 Å². The molecule has 0 atom stereocenters. The summed E-state index contributed by atoms with van der Waals surface area (Å²) >= 11 is 5.98. The number of aromatic nitrogens is 2. The highest BCUT2D eigenvalue weighted by Gasteiger charge is 2.20. The Morgan fingerprint density at radius 2 is 1.89 bits per heavy atom. The van der Waals surface area contributed by atoms with Gasteiger partial charge in [0.25, 0.3) is 5.91 Å². The van der Waals surface area contributed by atoms with Gasteiger partial charge in [-0.3, -0.25) is 4.79 Å². The molecule has 1 N–H and O–H groups in total. The number of anilines is 1. The molecular formula is C20H24ClN3O4. The molecular weight excluding hydrogens is 382 g/mol. The number of amides is 1. The number of esters is 1. The van der Waals surface area contributed by atoms with Crippen LogP contribution < -0.4 is 10.1 Å². The van der Waals surface area contributed by atoms with E-state index in [1.165, 1.54) is 12.8 Å². The first-order valence-electron chi connectivity index (χ1n) is 9.32.